The van der Waals surface area contributed by atoms with Gasteiger partial charge in [0.05, 0.1) is 19.0 Å². The van der Waals surface area contributed by atoms with Crippen molar-refractivity contribution in [3.63, 3.8) is 0 Å². The topological polar surface area (TPSA) is 126 Å². The third-order valence-electron chi connectivity index (χ3n) is 3.16. The Kier molecular flexibility index (Phi) is 3.03. The quantitative estimate of drug-likeness (QED) is 0.536. The van der Waals surface area contributed by atoms with Gasteiger partial charge in [0.15, 0.2) is 17.0 Å². The average Bonchev–Trinajstić information content (AvgIpc) is 3.01. The van der Waals surface area contributed by atoms with Crippen LogP contribution in [0.3, 0.4) is 0 Å². The highest BCUT2D eigenvalue weighted by molar-refractivity contribution is 5.82. The molecule has 1 aliphatic rings. The Labute approximate surface area is 107 Å². The lowest BCUT2D eigenvalue weighted by molar-refractivity contribution is -0.0432. The predicted molar refractivity (Wildman–Crippen MR) is 62.4 cm³/mol. The first-order chi connectivity index (χ1) is 9.24. The molecule has 0 aromatic carbocycles. The smallest absolute Gasteiger partial charge is 0.181 e. The molecule has 4 N–H and O–H groups in total. The number of rotatable bonds is 3. The second kappa shape index (κ2) is 4.70. The summed E-state index contributed by atoms with van der Waals surface area (Å²) in [6, 6.07) is 0. The Morgan fingerprint density at radius 1 is 1.42 bits per heavy atom. The molecule has 2 aromatic heterocycles. The van der Waals surface area contributed by atoms with Gasteiger partial charge in [-0.15, -0.1) is 0 Å². The molecule has 0 amide bonds. The van der Waals surface area contributed by atoms with Gasteiger partial charge in [-0.3, -0.25) is 15.3 Å². The summed E-state index contributed by atoms with van der Waals surface area (Å²) in [4.78, 5) is 12.0. The Balaban J connectivity index is 1.98. The third kappa shape index (κ3) is 1.92. The molecule has 2 aromatic rings. The highest BCUT2D eigenvalue weighted by Crippen LogP contribution is 2.31. The van der Waals surface area contributed by atoms with E-state index in [2.05, 4.69) is 15.0 Å². The summed E-state index contributed by atoms with van der Waals surface area (Å²) < 4.78 is 7.16. The molecule has 1 saturated heterocycles. The number of aromatic nitrogens is 4. The molecule has 102 valence electrons. The number of aliphatic hydroxyl groups is 2. The minimum absolute atomic E-state index is 0.195. The van der Waals surface area contributed by atoms with Crippen molar-refractivity contribution in [2.75, 3.05) is 12.1 Å². The molecule has 0 aliphatic carbocycles. The molecule has 3 atom stereocenters. The van der Waals surface area contributed by atoms with Crippen molar-refractivity contribution in [1.29, 1.82) is 0 Å². The van der Waals surface area contributed by atoms with Gasteiger partial charge in [0.1, 0.15) is 18.7 Å². The van der Waals surface area contributed by atoms with Crippen LogP contribution in [-0.2, 0) is 4.74 Å². The largest absolute Gasteiger partial charge is 0.394 e. The van der Waals surface area contributed by atoms with Gasteiger partial charge in [0.25, 0.3) is 0 Å². The molecule has 0 spiro atoms. The van der Waals surface area contributed by atoms with Gasteiger partial charge in [-0.05, 0) is 0 Å². The van der Waals surface area contributed by atoms with Crippen LogP contribution in [0.2, 0.25) is 0 Å². The molecule has 0 unspecified atom stereocenters. The monoisotopic (exact) mass is 267 g/mol. The first kappa shape index (κ1) is 12.2. The van der Waals surface area contributed by atoms with Crippen molar-refractivity contribution < 1.29 is 20.2 Å². The van der Waals surface area contributed by atoms with E-state index in [-0.39, 0.29) is 12.4 Å². The summed E-state index contributed by atoms with van der Waals surface area (Å²) in [6.45, 7) is -0.247. The highest BCUT2D eigenvalue weighted by Gasteiger charge is 2.35. The van der Waals surface area contributed by atoms with Crippen LogP contribution >= 0.6 is 0 Å². The van der Waals surface area contributed by atoms with Gasteiger partial charge in [-0.1, -0.05) is 0 Å². The molecule has 1 fully saturated rings. The third-order valence-corrected chi connectivity index (χ3v) is 3.16. The summed E-state index contributed by atoms with van der Waals surface area (Å²) in [5.41, 5.74) is 2.82. The second-order valence-corrected chi connectivity index (χ2v) is 4.27. The van der Waals surface area contributed by atoms with Crippen LogP contribution in [0, 0.1) is 0 Å². The SMILES string of the molecule is OC[C@@H]1O[C@H](n2cnc3c(NO)ncnc32)C[C@H]1O. The molecule has 1 aliphatic heterocycles. The van der Waals surface area contributed by atoms with Crippen LogP contribution < -0.4 is 5.48 Å². The summed E-state index contributed by atoms with van der Waals surface area (Å²) in [5.74, 6) is 0.195. The van der Waals surface area contributed by atoms with E-state index in [4.69, 9.17) is 15.1 Å². The van der Waals surface area contributed by atoms with Crippen LogP contribution in [0.1, 0.15) is 12.6 Å². The molecule has 0 saturated carbocycles. The van der Waals surface area contributed by atoms with Crippen LogP contribution in [0.5, 0.6) is 0 Å². The minimum atomic E-state index is -0.732. The number of nitrogens with zero attached hydrogens (tertiary/aromatic N) is 4. The van der Waals surface area contributed by atoms with Crippen LogP contribution in [0.25, 0.3) is 11.2 Å². The lowest BCUT2D eigenvalue weighted by atomic mass is 10.2. The number of anilines is 1. The molecule has 3 heterocycles. The highest BCUT2D eigenvalue weighted by atomic mass is 16.5. The van der Waals surface area contributed by atoms with Gasteiger partial charge in [-0.2, -0.15) is 0 Å². The molecule has 0 bridgehead atoms. The Morgan fingerprint density at radius 2 is 2.26 bits per heavy atom. The van der Waals surface area contributed by atoms with Crippen LogP contribution in [-0.4, -0.2) is 53.8 Å². The van der Waals surface area contributed by atoms with Crippen molar-refractivity contribution in [1.82, 2.24) is 19.5 Å². The molecule has 0 radical (unpaired) electrons. The fourth-order valence-corrected chi connectivity index (χ4v) is 2.19. The van der Waals surface area contributed by atoms with E-state index in [1.165, 1.54) is 12.7 Å². The van der Waals surface area contributed by atoms with Crippen molar-refractivity contribution in [2.24, 2.45) is 0 Å². The van der Waals surface area contributed by atoms with E-state index in [9.17, 15) is 5.11 Å². The summed E-state index contributed by atoms with van der Waals surface area (Å²) in [7, 11) is 0. The molecular weight excluding hydrogens is 254 g/mol. The van der Waals surface area contributed by atoms with Gasteiger partial charge >= 0.3 is 0 Å². The van der Waals surface area contributed by atoms with Crippen molar-refractivity contribution in [3.8, 4) is 0 Å². The molecule has 19 heavy (non-hydrogen) atoms. The zero-order valence-corrected chi connectivity index (χ0v) is 9.84. The van der Waals surface area contributed by atoms with Gasteiger partial charge in [0.2, 0.25) is 0 Å². The fraction of sp³-hybridized carbons (Fsp3) is 0.500. The number of ether oxygens (including phenoxy) is 1. The summed E-state index contributed by atoms with van der Waals surface area (Å²) in [6.07, 6.45) is 1.32. The Bertz CT molecular complexity index is 588. The van der Waals surface area contributed by atoms with Gasteiger partial charge < -0.3 is 14.9 Å². The zero-order valence-electron chi connectivity index (χ0n) is 9.84. The lowest BCUT2D eigenvalue weighted by Crippen LogP contribution is -2.24. The average molecular weight is 267 g/mol. The number of imidazole rings is 1. The Hall–Kier alpha value is -1.81. The number of fused-ring (bicyclic) bond motifs is 1. The molecular formula is C10H13N5O4. The van der Waals surface area contributed by atoms with Crippen molar-refractivity contribution >= 4 is 17.0 Å². The van der Waals surface area contributed by atoms with E-state index < -0.39 is 18.4 Å². The predicted octanol–water partition coefficient (Wildman–Crippen LogP) is -0.732. The first-order valence-corrected chi connectivity index (χ1v) is 5.76. The maximum atomic E-state index is 9.73. The molecule has 9 heteroatoms. The van der Waals surface area contributed by atoms with E-state index in [0.717, 1.165) is 0 Å². The standard InChI is InChI=1S/C10H13N5O4/c16-2-6-5(17)1-7(19-6)15-4-13-8-9(14-18)11-3-12-10(8)15/h3-7,16-18H,1-2H2,(H,11,12,14)/t5-,6+,7+/m1/s1. The van der Waals surface area contributed by atoms with E-state index in [1.54, 1.807) is 4.57 Å². The number of hydrogen-bond donors (Lipinski definition) is 4. The molecule has 3 rings (SSSR count). The van der Waals surface area contributed by atoms with E-state index in [1.807, 2.05) is 5.48 Å². The maximum Gasteiger partial charge on any atom is 0.181 e. The maximum absolute atomic E-state index is 9.73. The van der Waals surface area contributed by atoms with Crippen molar-refractivity contribution in [2.45, 2.75) is 24.9 Å². The van der Waals surface area contributed by atoms with Crippen LogP contribution in [0.15, 0.2) is 12.7 Å². The second-order valence-electron chi connectivity index (χ2n) is 4.27. The number of nitrogens with one attached hydrogen (secondary N) is 1. The molecule has 9 nitrogen and oxygen atoms in total. The normalized spacial score (nSPS) is 27.0. The summed E-state index contributed by atoms with van der Waals surface area (Å²) in [5, 5.41) is 27.7. The minimum Gasteiger partial charge on any atom is -0.394 e. The van der Waals surface area contributed by atoms with E-state index in [0.29, 0.717) is 17.6 Å². The van der Waals surface area contributed by atoms with Crippen molar-refractivity contribution in [3.05, 3.63) is 12.7 Å². The van der Waals surface area contributed by atoms with Gasteiger partial charge in [0, 0.05) is 6.42 Å². The lowest BCUT2D eigenvalue weighted by Gasteiger charge is -2.13. The number of aliphatic hydroxyl groups excluding tert-OH is 2. The van der Waals surface area contributed by atoms with Gasteiger partial charge in [-0.25, -0.2) is 15.0 Å². The summed E-state index contributed by atoms with van der Waals surface area (Å²) >= 11 is 0. The van der Waals surface area contributed by atoms with Crippen LogP contribution in [0.4, 0.5) is 5.82 Å². The Morgan fingerprint density at radius 3 is 2.95 bits per heavy atom. The first-order valence-electron chi connectivity index (χ1n) is 5.76. The van der Waals surface area contributed by atoms with E-state index >= 15 is 0 Å². The zero-order chi connectivity index (χ0) is 13.4. The fourth-order valence-electron chi connectivity index (χ4n) is 2.19. The number of hydrogen-bond acceptors (Lipinski definition) is 8.